The average Bonchev–Trinajstić information content (AvgIpc) is 2.71. The van der Waals surface area contributed by atoms with Crippen molar-refractivity contribution in [2.45, 2.75) is 82.4 Å². The van der Waals surface area contributed by atoms with Crippen LogP contribution in [0.3, 0.4) is 0 Å². The largest absolute Gasteiger partial charge is 0.504 e. The Balaban J connectivity index is 1.88. The number of rotatable bonds is 14. The zero-order valence-electron chi connectivity index (χ0n) is 17.8. The molecule has 6 heteroatoms. The van der Waals surface area contributed by atoms with E-state index in [2.05, 4.69) is 6.92 Å². The number of para-hydroxylation sites is 2. The molecule has 0 amide bonds. The Kier molecular flexibility index (Phi) is 10.2. The minimum Gasteiger partial charge on any atom is -0.504 e. The van der Waals surface area contributed by atoms with E-state index in [0.29, 0.717) is 5.75 Å². The lowest BCUT2D eigenvalue weighted by molar-refractivity contribution is 0.394. The lowest BCUT2D eigenvalue weighted by Crippen LogP contribution is -2.02. The first-order valence-electron chi connectivity index (χ1n) is 11.0. The Hall–Kier alpha value is -2.05. The van der Waals surface area contributed by atoms with Crippen molar-refractivity contribution in [2.24, 2.45) is 0 Å². The highest BCUT2D eigenvalue weighted by Gasteiger charge is 2.21. The molecule has 0 spiro atoms. The summed E-state index contributed by atoms with van der Waals surface area (Å²) in [5, 5.41) is 10.1. The van der Waals surface area contributed by atoms with Crippen LogP contribution in [0, 0.1) is 0 Å². The second-order valence-electron chi connectivity index (χ2n) is 7.72. The van der Waals surface area contributed by atoms with Gasteiger partial charge in [-0.3, -0.25) is 4.55 Å². The molecule has 0 fully saturated rings. The fourth-order valence-electron chi connectivity index (χ4n) is 3.53. The van der Waals surface area contributed by atoms with Crippen molar-refractivity contribution < 1.29 is 22.8 Å². The number of hydrogen-bond acceptors (Lipinski definition) is 4. The minimum atomic E-state index is -4.51. The Bertz CT molecular complexity index is 877. The third-order valence-corrected chi connectivity index (χ3v) is 6.10. The summed E-state index contributed by atoms with van der Waals surface area (Å²) in [4.78, 5) is -0.448. The second-order valence-corrected chi connectivity index (χ2v) is 9.11. The Morgan fingerprint density at radius 2 is 1.40 bits per heavy atom. The fraction of sp³-hybridized carbons (Fsp3) is 0.500. The maximum absolute atomic E-state index is 11.6. The Labute approximate surface area is 180 Å². The Morgan fingerprint density at radius 1 is 0.800 bits per heavy atom. The molecule has 0 saturated heterocycles. The third kappa shape index (κ3) is 8.00. The van der Waals surface area contributed by atoms with E-state index in [-0.39, 0.29) is 11.5 Å². The van der Waals surface area contributed by atoms with Gasteiger partial charge in [0, 0.05) is 0 Å². The van der Waals surface area contributed by atoms with E-state index in [4.69, 9.17) is 4.74 Å². The highest BCUT2D eigenvalue weighted by atomic mass is 32.2. The molecule has 30 heavy (non-hydrogen) atoms. The molecule has 0 bridgehead atoms. The second kappa shape index (κ2) is 12.6. The number of phenolic OH excluding ortho intramolecular Hbond substituents is 1. The number of phenols is 1. The van der Waals surface area contributed by atoms with E-state index in [0.717, 1.165) is 24.8 Å². The highest BCUT2D eigenvalue weighted by Crippen LogP contribution is 2.38. The van der Waals surface area contributed by atoms with Gasteiger partial charge in [-0.1, -0.05) is 89.0 Å². The van der Waals surface area contributed by atoms with E-state index in [1.165, 1.54) is 69.6 Å². The predicted octanol–water partition coefficient (Wildman–Crippen LogP) is 6.89. The van der Waals surface area contributed by atoms with Crippen LogP contribution in [0.15, 0.2) is 47.4 Å². The van der Waals surface area contributed by atoms with Crippen LogP contribution in [0.1, 0.15) is 76.7 Å². The smallest absolute Gasteiger partial charge is 0.298 e. The van der Waals surface area contributed by atoms with Crippen LogP contribution in [0.2, 0.25) is 0 Å². The van der Waals surface area contributed by atoms with Gasteiger partial charge in [-0.15, -0.1) is 0 Å². The van der Waals surface area contributed by atoms with Crippen LogP contribution in [0.5, 0.6) is 17.2 Å². The number of hydrogen-bond donors (Lipinski definition) is 2. The van der Waals surface area contributed by atoms with Crippen molar-refractivity contribution in [1.82, 2.24) is 0 Å². The van der Waals surface area contributed by atoms with E-state index in [1.807, 2.05) is 12.1 Å². The van der Waals surface area contributed by atoms with Crippen molar-refractivity contribution in [3.8, 4) is 17.2 Å². The molecule has 2 rings (SSSR count). The number of benzene rings is 2. The molecular weight excluding hydrogens is 400 g/mol. The standard InChI is InChI=1S/C24H34O5S/c1-2-3-4-5-6-7-8-9-10-11-15-20-16-12-13-18-22(20)29-24-21(25)17-14-19-23(24)30(26,27)28/h12-14,16-19,25H,2-11,15H2,1H3,(H,26,27,28). The van der Waals surface area contributed by atoms with Crippen LogP contribution < -0.4 is 4.74 Å². The molecule has 0 saturated carbocycles. The van der Waals surface area contributed by atoms with Crippen molar-refractivity contribution in [3.05, 3.63) is 48.0 Å². The van der Waals surface area contributed by atoms with Crippen LogP contribution in [0.4, 0.5) is 0 Å². The molecule has 0 heterocycles. The van der Waals surface area contributed by atoms with Gasteiger partial charge in [0.25, 0.3) is 10.1 Å². The number of unbranched alkanes of at least 4 members (excludes halogenated alkanes) is 9. The minimum absolute atomic E-state index is 0.254. The van der Waals surface area contributed by atoms with Gasteiger partial charge < -0.3 is 9.84 Å². The van der Waals surface area contributed by atoms with Gasteiger partial charge in [-0.05, 0) is 36.6 Å². The molecular formula is C24H34O5S. The zero-order valence-corrected chi connectivity index (χ0v) is 18.7. The van der Waals surface area contributed by atoms with Gasteiger partial charge in [0.1, 0.15) is 10.6 Å². The van der Waals surface area contributed by atoms with Crippen molar-refractivity contribution >= 4 is 10.1 Å². The lowest BCUT2D eigenvalue weighted by Gasteiger charge is -2.14. The molecule has 2 N–H and O–H groups in total. The van der Waals surface area contributed by atoms with Crippen LogP contribution >= 0.6 is 0 Å². The SMILES string of the molecule is CCCCCCCCCCCCc1ccccc1Oc1c(O)cccc1S(=O)(=O)O. The predicted molar refractivity (Wildman–Crippen MR) is 120 cm³/mol. The molecule has 166 valence electrons. The van der Waals surface area contributed by atoms with Gasteiger partial charge in [0.2, 0.25) is 0 Å². The van der Waals surface area contributed by atoms with Gasteiger partial charge in [0.05, 0.1) is 0 Å². The Morgan fingerprint density at radius 3 is 2.03 bits per heavy atom. The van der Waals surface area contributed by atoms with E-state index < -0.39 is 15.0 Å². The maximum Gasteiger partial charge on any atom is 0.298 e. The molecule has 0 aliphatic rings. The van der Waals surface area contributed by atoms with Crippen molar-refractivity contribution in [2.75, 3.05) is 0 Å². The molecule has 5 nitrogen and oxygen atoms in total. The molecule has 0 aliphatic carbocycles. The number of aryl methyl sites for hydroxylation is 1. The van der Waals surface area contributed by atoms with Crippen LogP contribution in [0.25, 0.3) is 0 Å². The molecule has 2 aromatic rings. The monoisotopic (exact) mass is 434 g/mol. The van der Waals surface area contributed by atoms with Gasteiger partial charge in [-0.2, -0.15) is 8.42 Å². The molecule has 0 radical (unpaired) electrons. The first-order chi connectivity index (χ1) is 14.4. The molecule has 0 aliphatic heterocycles. The van der Waals surface area contributed by atoms with E-state index in [9.17, 15) is 18.1 Å². The number of aromatic hydroxyl groups is 1. The van der Waals surface area contributed by atoms with Crippen molar-refractivity contribution in [3.63, 3.8) is 0 Å². The van der Waals surface area contributed by atoms with Crippen LogP contribution in [-0.4, -0.2) is 18.1 Å². The summed E-state index contributed by atoms with van der Waals surface area (Å²) in [5.74, 6) is -0.103. The van der Waals surface area contributed by atoms with E-state index >= 15 is 0 Å². The van der Waals surface area contributed by atoms with Crippen LogP contribution in [-0.2, 0) is 16.5 Å². The summed E-state index contributed by atoms with van der Waals surface area (Å²) in [7, 11) is -4.51. The fourth-order valence-corrected chi connectivity index (χ4v) is 4.16. The van der Waals surface area contributed by atoms with E-state index in [1.54, 1.807) is 12.1 Å². The normalized spacial score (nSPS) is 11.5. The van der Waals surface area contributed by atoms with Gasteiger partial charge in [0.15, 0.2) is 11.5 Å². The third-order valence-electron chi connectivity index (χ3n) is 5.22. The molecule has 0 atom stereocenters. The van der Waals surface area contributed by atoms with Gasteiger partial charge in [-0.25, -0.2) is 0 Å². The highest BCUT2D eigenvalue weighted by molar-refractivity contribution is 7.86. The first-order valence-corrected chi connectivity index (χ1v) is 12.4. The lowest BCUT2D eigenvalue weighted by atomic mass is 10.0. The summed E-state index contributed by atoms with van der Waals surface area (Å²) in [6.45, 7) is 2.24. The summed E-state index contributed by atoms with van der Waals surface area (Å²) in [5.41, 5.74) is 0.946. The quantitative estimate of drug-likeness (QED) is 0.250. The molecule has 0 aromatic heterocycles. The number of ether oxygens (including phenoxy) is 1. The topological polar surface area (TPSA) is 83.8 Å². The van der Waals surface area contributed by atoms with Crippen molar-refractivity contribution in [1.29, 1.82) is 0 Å². The first kappa shape index (κ1) is 24.2. The average molecular weight is 435 g/mol. The summed E-state index contributed by atoms with van der Waals surface area (Å²) in [6, 6.07) is 11.3. The summed E-state index contributed by atoms with van der Waals surface area (Å²) >= 11 is 0. The summed E-state index contributed by atoms with van der Waals surface area (Å²) in [6.07, 6.45) is 13.4. The maximum atomic E-state index is 11.6. The zero-order chi connectivity index (χ0) is 21.8. The molecule has 0 unspecified atom stereocenters. The molecule has 2 aromatic carbocycles. The summed E-state index contributed by atoms with van der Waals surface area (Å²) < 4.78 is 38.4. The van der Waals surface area contributed by atoms with Gasteiger partial charge >= 0.3 is 0 Å².